The number of ether oxygens (including phenoxy) is 1. The van der Waals surface area contributed by atoms with Crippen molar-refractivity contribution in [2.24, 2.45) is 5.92 Å². The van der Waals surface area contributed by atoms with Gasteiger partial charge in [-0.1, -0.05) is 69.9 Å². The van der Waals surface area contributed by atoms with Crippen LogP contribution in [0, 0.1) is 12.8 Å². The molecule has 0 radical (unpaired) electrons. The molecule has 9 rings (SSSR count). The molecule has 19 heteroatoms. The number of nitrogens with one attached hydrogen (secondary N) is 3. The number of hydrogen-bond acceptors (Lipinski definition) is 15. The van der Waals surface area contributed by atoms with E-state index in [4.69, 9.17) is 14.7 Å². The number of thiazole rings is 1. The molecule has 6 heterocycles. The number of ketones is 2. The van der Waals surface area contributed by atoms with Crippen LogP contribution in [-0.2, 0) is 14.4 Å². The zero-order chi connectivity index (χ0) is 54.7. The van der Waals surface area contributed by atoms with Crippen molar-refractivity contribution in [2.45, 2.75) is 161 Å². The van der Waals surface area contributed by atoms with Crippen LogP contribution in [0.1, 0.15) is 178 Å². The maximum Gasteiger partial charge on any atom is 0.263 e. The Hall–Kier alpha value is -6.60. The quantitative estimate of drug-likeness (QED) is 0.0411. The second-order valence-corrected chi connectivity index (χ2v) is 22.6. The van der Waals surface area contributed by atoms with E-state index in [0.717, 1.165) is 133 Å². The number of piperazine rings is 1. The number of rotatable bonds is 23. The van der Waals surface area contributed by atoms with Crippen molar-refractivity contribution in [3.63, 3.8) is 0 Å². The summed E-state index contributed by atoms with van der Waals surface area (Å²) in [5.74, 6) is 1.18. The number of carbonyl (C=O) groups excluding carboxylic acids is 5. The highest BCUT2D eigenvalue weighted by Gasteiger charge is 2.40. The summed E-state index contributed by atoms with van der Waals surface area (Å²) >= 11 is 1.41. The van der Waals surface area contributed by atoms with Crippen molar-refractivity contribution in [2.75, 3.05) is 56.6 Å². The van der Waals surface area contributed by atoms with Crippen LogP contribution in [0.5, 0.6) is 5.75 Å². The Bertz CT molecular complexity index is 2980. The molecule has 4 aromatic heterocycles. The van der Waals surface area contributed by atoms with E-state index in [1.54, 1.807) is 49.2 Å². The second kappa shape index (κ2) is 26.4. The molecule has 5 aromatic rings. The summed E-state index contributed by atoms with van der Waals surface area (Å²) < 4.78 is 7.79. The van der Waals surface area contributed by atoms with E-state index in [9.17, 15) is 28.8 Å². The number of fused-ring (bicyclic) bond motifs is 1. The Morgan fingerprint density at radius 1 is 0.821 bits per heavy atom. The van der Waals surface area contributed by atoms with Crippen molar-refractivity contribution in [1.29, 1.82) is 0 Å². The van der Waals surface area contributed by atoms with Crippen LogP contribution in [0.3, 0.4) is 0 Å². The van der Waals surface area contributed by atoms with Crippen molar-refractivity contribution < 1.29 is 28.7 Å². The first-order valence-corrected chi connectivity index (χ1v) is 29.5. The Morgan fingerprint density at radius 3 is 2.29 bits per heavy atom. The standard InChI is InChI=1S/C59H77N11O7S/c1-38-46-36-62-59(66-54(46)70(43-21-13-14-22-43)57(75)51(38)40(3)71)64-49-27-26-44(35-61-49)67-29-31-68(32-30-67)50(72)25-12-7-5-6-8-15-33-77-45-23-16-20-42(34-45)53(73)47-37-78-56(63-47)48-24-17-28-69(48)58(76)52(41-18-10-9-11-19-41)65-55(74)39(2)60-4/h16,20,23,26-27,34-37,39,41,43,48,52,60H,5-15,17-19,21-22,24-25,28-33H2,1-4H3,(H,65,74)(H,61,62,64,66)/t39?,48-,52?/m0/s1. The first-order valence-electron chi connectivity index (χ1n) is 28.6. The Kier molecular flexibility index (Phi) is 19.0. The van der Waals surface area contributed by atoms with E-state index < -0.39 is 12.1 Å². The van der Waals surface area contributed by atoms with Crippen LogP contribution >= 0.6 is 11.3 Å². The first kappa shape index (κ1) is 56.1. The van der Waals surface area contributed by atoms with Crippen LogP contribution in [0.15, 0.2) is 59.0 Å². The fraction of sp³-hybridized carbons (Fsp3) is 0.559. The zero-order valence-electron chi connectivity index (χ0n) is 45.9. The number of aryl methyl sites for hydroxylation is 1. The molecule has 4 fully saturated rings. The molecule has 2 saturated carbocycles. The highest BCUT2D eigenvalue weighted by molar-refractivity contribution is 7.10. The smallest absolute Gasteiger partial charge is 0.263 e. The van der Waals surface area contributed by atoms with Gasteiger partial charge in [-0.25, -0.2) is 15.0 Å². The number of aromatic nitrogens is 5. The van der Waals surface area contributed by atoms with E-state index in [-0.39, 0.29) is 58.4 Å². The van der Waals surface area contributed by atoms with Gasteiger partial charge in [0, 0.05) is 67.7 Å². The number of likely N-dealkylation sites (N-methyl/N-ethyl adjacent to an activating group) is 1. The number of nitrogens with zero attached hydrogens (tertiary/aromatic N) is 8. The van der Waals surface area contributed by atoms with Crippen molar-refractivity contribution >= 4 is 69.1 Å². The number of anilines is 3. The molecule has 3 atom stereocenters. The lowest BCUT2D eigenvalue weighted by molar-refractivity contribution is -0.139. The maximum absolute atomic E-state index is 14.2. The van der Waals surface area contributed by atoms with Gasteiger partial charge in [-0.15, -0.1) is 11.3 Å². The summed E-state index contributed by atoms with van der Waals surface area (Å²) in [4.78, 5) is 105. The number of benzene rings is 1. The van der Waals surface area contributed by atoms with E-state index in [1.165, 1.54) is 18.3 Å². The number of pyridine rings is 2. The van der Waals surface area contributed by atoms with Gasteiger partial charge < -0.3 is 35.4 Å². The van der Waals surface area contributed by atoms with Gasteiger partial charge in [-0.2, -0.15) is 4.98 Å². The van der Waals surface area contributed by atoms with E-state index in [1.807, 2.05) is 40.3 Å². The number of amides is 3. The van der Waals surface area contributed by atoms with Crippen LogP contribution in [0.25, 0.3) is 11.0 Å². The number of likely N-dealkylation sites (tertiary alicyclic amines) is 1. The van der Waals surface area contributed by atoms with E-state index in [0.29, 0.717) is 78.0 Å². The van der Waals surface area contributed by atoms with Crippen LogP contribution in [0.2, 0.25) is 0 Å². The number of hydrogen-bond donors (Lipinski definition) is 3. The predicted molar refractivity (Wildman–Crippen MR) is 303 cm³/mol. The van der Waals surface area contributed by atoms with Crippen LogP contribution < -0.4 is 31.1 Å². The van der Waals surface area contributed by atoms with Gasteiger partial charge in [0.2, 0.25) is 29.5 Å². The zero-order valence-corrected chi connectivity index (χ0v) is 46.7. The molecule has 3 N–H and O–H groups in total. The number of unbranched alkanes of at least 4 members (excludes halogenated alkanes) is 5. The molecule has 2 aliphatic heterocycles. The Labute approximate surface area is 461 Å². The summed E-state index contributed by atoms with van der Waals surface area (Å²) in [7, 11) is 1.74. The van der Waals surface area contributed by atoms with E-state index >= 15 is 0 Å². The third-order valence-electron chi connectivity index (χ3n) is 16.5. The maximum atomic E-state index is 14.2. The highest BCUT2D eigenvalue weighted by atomic mass is 32.1. The molecule has 3 amide bonds. The molecule has 2 saturated heterocycles. The first-order chi connectivity index (χ1) is 37.9. The third kappa shape index (κ3) is 13.3. The molecule has 78 heavy (non-hydrogen) atoms. The third-order valence-corrected chi connectivity index (χ3v) is 17.4. The summed E-state index contributed by atoms with van der Waals surface area (Å²) in [5, 5.41) is 12.5. The molecular formula is C59H77N11O7S. The molecule has 18 nitrogen and oxygen atoms in total. The molecule has 2 aliphatic carbocycles. The average Bonchev–Trinajstić information content (AvgIpc) is 4.29. The minimum absolute atomic E-state index is 0.00387. The SMILES string of the molecule is CNC(C)C(=O)NC(C(=O)N1CCC[C@H]1c1nc(C(=O)c2cccc(OCCCCCCCCC(=O)N3CCN(c4ccc(Nc5ncc6c(C)c(C(C)=O)c(=O)n(C7CCCC7)c6n5)nc4)CC3)c2)cs1)C1CCCCC1. The lowest BCUT2D eigenvalue weighted by Crippen LogP contribution is -2.55. The van der Waals surface area contributed by atoms with Crippen molar-refractivity contribution in [3.8, 4) is 5.75 Å². The Morgan fingerprint density at radius 2 is 1.56 bits per heavy atom. The van der Waals surface area contributed by atoms with Gasteiger partial charge >= 0.3 is 0 Å². The molecule has 0 bridgehead atoms. The molecular weight excluding hydrogens is 1010 g/mol. The number of Topliss-reactive ketones (excluding diaryl/α,β-unsaturated/α-hetero) is 1. The largest absolute Gasteiger partial charge is 0.494 e. The van der Waals surface area contributed by atoms with Crippen molar-refractivity contribution in [3.05, 3.63) is 91.9 Å². The van der Waals surface area contributed by atoms with Gasteiger partial charge in [0.15, 0.2) is 5.78 Å². The summed E-state index contributed by atoms with van der Waals surface area (Å²) in [5.41, 5.74) is 2.88. The van der Waals surface area contributed by atoms with Crippen molar-refractivity contribution in [1.82, 2.24) is 44.9 Å². The van der Waals surface area contributed by atoms with Crippen LogP contribution in [0.4, 0.5) is 17.5 Å². The number of carbonyl (C=O) groups is 5. The fourth-order valence-corrected chi connectivity index (χ4v) is 12.8. The topological polar surface area (TPSA) is 214 Å². The molecule has 1 aromatic carbocycles. The average molecular weight is 1080 g/mol. The van der Waals surface area contributed by atoms with Gasteiger partial charge in [0.1, 0.15) is 34.0 Å². The minimum atomic E-state index is -0.576. The minimum Gasteiger partial charge on any atom is -0.494 e. The summed E-state index contributed by atoms with van der Waals surface area (Å²) in [6.45, 7) is 8.91. The van der Waals surface area contributed by atoms with Gasteiger partial charge in [-0.05, 0) is 115 Å². The van der Waals surface area contributed by atoms with Gasteiger partial charge in [0.05, 0.1) is 36.1 Å². The second-order valence-electron chi connectivity index (χ2n) is 21.7. The predicted octanol–water partition coefficient (Wildman–Crippen LogP) is 9.04. The molecule has 0 spiro atoms. The molecule has 416 valence electrons. The van der Waals surface area contributed by atoms with Gasteiger partial charge in [-0.3, -0.25) is 33.3 Å². The monoisotopic (exact) mass is 1080 g/mol. The lowest BCUT2D eigenvalue weighted by Gasteiger charge is -2.36. The normalized spacial score (nSPS) is 18.1. The lowest BCUT2D eigenvalue weighted by atomic mass is 9.83. The summed E-state index contributed by atoms with van der Waals surface area (Å²) in [6.07, 6.45) is 20.4. The fourth-order valence-electron chi connectivity index (χ4n) is 11.9. The van der Waals surface area contributed by atoms with E-state index in [2.05, 4.69) is 30.8 Å². The summed E-state index contributed by atoms with van der Waals surface area (Å²) in [6, 6.07) is 9.91. The van der Waals surface area contributed by atoms with Crippen LogP contribution in [-0.4, -0.2) is 122 Å². The molecule has 2 unspecified atom stereocenters. The Balaban J connectivity index is 0.662. The van der Waals surface area contributed by atoms with Gasteiger partial charge in [0.25, 0.3) is 5.56 Å². The molecule has 4 aliphatic rings. The highest BCUT2D eigenvalue weighted by Crippen LogP contribution is 2.37.